The molecule has 0 aromatic carbocycles. The van der Waals surface area contributed by atoms with Gasteiger partial charge in [0.05, 0.1) is 0 Å². The van der Waals surface area contributed by atoms with Crippen LogP contribution in [0, 0.1) is 13.8 Å². The summed E-state index contributed by atoms with van der Waals surface area (Å²) in [5.74, 6) is 0. The fourth-order valence-electron chi connectivity index (χ4n) is 1.80. The smallest absolute Gasteiger partial charge is 0.171 e. The van der Waals surface area contributed by atoms with Crippen LogP contribution in [0.3, 0.4) is 0 Å². The molecule has 116 valence electrons. The highest BCUT2D eigenvalue weighted by Crippen LogP contribution is 1.90. The van der Waals surface area contributed by atoms with E-state index in [0.717, 1.165) is 26.3 Å². The van der Waals surface area contributed by atoms with Crippen molar-refractivity contribution in [3.63, 3.8) is 0 Å². The maximum Gasteiger partial charge on any atom is 0.171 e. The van der Waals surface area contributed by atoms with Gasteiger partial charge < -0.3 is 29.6 Å². The maximum atomic E-state index is 5.66. The number of hydrogen-bond acceptors (Lipinski definition) is 1. The number of pyridine rings is 2. The minimum Gasteiger partial charge on any atom is -1.00 e. The van der Waals surface area contributed by atoms with E-state index in [-0.39, 0.29) is 24.8 Å². The molecule has 0 fully saturated rings. The van der Waals surface area contributed by atoms with Crippen LogP contribution in [0.1, 0.15) is 11.1 Å². The van der Waals surface area contributed by atoms with Crippen LogP contribution >= 0.6 is 0 Å². The van der Waals surface area contributed by atoms with Crippen molar-refractivity contribution < 1.29 is 38.7 Å². The molecule has 0 aliphatic rings. The Morgan fingerprint density at radius 3 is 1.38 bits per heavy atom. The van der Waals surface area contributed by atoms with Gasteiger partial charge in [-0.25, -0.2) is 9.13 Å². The van der Waals surface area contributed by atoms with Gasteiger partial charge >= 0.3 is 0 Å². The number of aromatic nitrogens is 2. The molecule has 0 atom stereocenters. The van der Waals surface area contributed by atoms with Crippen LogP contribution in [-0.2, 0) is 17.8 Å². The molecule has 0 radical (unpaired) electrons. The van der Waals surface area contributed by atoms with Gasteiger partial charge in [-0.3, -0.25) is 0 Å². The molecular weight excluding hydrogens is 307 g/mol. The molecule has 2 rings (SSSR count). The van der Waals surface area contributed by atoms with Gasteiger partial charge in [0.15, 0.2) is 37.9 Å². The molecule has 2 aromatic rings. The van der Waals surface area contributed by atoms with Crippen molar-refractivity contribution in [3.8, 4) is 0 Å². The van der Waals surface area contributed by atoms with E-state index in [2.05, 4.69) is 72.0 Å². The monoisotopic (exact) mass is 328 g/mol. The van der Waals surface area contributed by atoms with Gasteiger partial charge in [-0.15, -0.1) is 0 Å². The molecule has 0 amide bonds. The molecule has 5 heteroatoms. The van der Waals surface area contributed by atoms with Gasteiger partial charge in [0.1, 0.15) is 13.2 Å². The van der Waals surface area contributed by atoms with E-state index in [1.54, 1.807) is 0 Å². The summed E-state index contributed by atoms with van der Waals surface area (Å²) < 4.78 is 9.95. The highest BCUT2D eigenvalue weighted by Gasteiger charge is 2.02. The van der Waals surface area contributed by atoms with E-state index >= 15 is 0 Å². The van der Waals surface area contributed by atoms with Crippen LogP contribution in [-0.4, -0.2) is 13.2 Å². The van der Waals surface area contributed by atoms with Crippen molar-refractivity contribution in [2.24, 2.45) is 0 Å². The molecule has 2 heterocycles. The Bertz CT molecular complexity index is 453. The van der Waals surface area contributed by atoms with E-state index in [9.17, 15) is 0 Å². The predicted octanol–water partition coefficient (Wildman–Crippen LogP) is -4.40. The van der Waals surface area contributed by atoms with Crippen molar-refractivity contribution >= 4 is 0 Å². The normalized spacial score (nSPS) is 9.62. The summed E-state index contributed by atoms with van der Waals surface area (Å²) in [5.41, 5.74) is 2.57. The number of rotatable bonds is 6. The summed E-state index contributed by atoms with van der Waals surface area (Å²) in [6.45, 7) is 7.50. The first-order valence-corrected chi connectivity index (χ1v) is 6.73. The van der Waals surface area contributed by atoms with E-state index in [0.29, 0.717) is 0 Å². The maximum absolute atomic E-state index is 5.66. The average Bonchev–Trinajstić information content (AvgIpc) is 2.43. The zero-order chi connectivity index (χ0) is 13.5. The molecule has 0 aliphatic heterocycles. The summed E-state index contributed by atoms with van der Waals surface area (Å²) in [7, 11) is 0. The number of halogens is 2. The topological polar surface area (TPSA) is 17.0 Å². The molecule has 0 unspecified atom stereocenters. The third-order valence-corrected chi connectivity index (χ3v) is 3.10. The van der Waals surface area contributed by atoms with Crippen LogP contribution in [0.25, 0.3) is 0 Å². The van der Waals surface area contributed by atoms with Gasteiger partial charge in [0, 0.05) is 24.3 Å². The predicted molar refractivity (Wildman–Crippen MR) is 73.6 cm³/mol. The van der Waals surface area contributed by atoms with Crippen LogP contribution in [0.2, 0.25) is 0 Å². The summed E-state index contributed by atoms with van der Waals surface area (Å²) in [5, 5.41) is 0. The van der Waals surface area contributed by atoms with Crippen LogP contribution in [0.4, 0.5) is 0 Å². The van der Waals surface area contributed by atoms with E-state index < -0.39 is 0 Å². The Labute approximate surface area is 139 Å². The van der Waals surface area contributed by atoms with E-state index in [1.165, 1.54) is 11.1 Å². The lowest BCUT2D eigenvalue weighted by Crippen LogP contribution is -3.00. The van der Waals surface area contributed by atoms with Gasteiger partial charge in [0.25, 0.3) is 0 Å². The SMILES string of the molecule is Cc1cc[n+](CCOCC[n+]2ccc(C)cc2)cc1.[Cl-].[Cl-]. The van der Waals surface area contributed by atoms with Crippen molar-refractivity contribution in [1.82, 2.24) is 0 Å². The standard InChI is InChI=1S/C16H22N2O.2ClH/c1-15-3-7-17(8-4-15)11-13-19-14-12-18-9-5-16(2)6-10-18;;/h3-10H,11-14H2,1-2H3;2*1H/q+2;;/p-2. The first-order valence-electron chi connectivity index (χ1n) is 6.73. The fraction of sp³-hybridized carbons (Fsp3) is 0.375. The zero-order valence-electron chi connectivity index (χ0n) is 12.5. The second-order valence-corrected chi connectivity index (χ2v) is 4.84. The summed E-state index contributed by atoms with van der Waals surface area (Å²) >= 11 is 0. The zero-order valence-corrected chi connectivity index (χ0v) is 14.0. The second-order valence-electron chi connectivity index (χ2n) is 4.84. The molecule has 0 spiro atoms. The first-order chi connectivity index (χ1) is 9.24. The Morgan fingerprint density at radius 1 is 0.714 bits per heavy atom. The molecule has 0 saturated heterocycles. The lowest BCUT2D eigenvalue weighted by atomic mass is 10.3. The van der Waals surface area contributed by atoms with E-state index in [1.807, 2.05) is 0 Å². The average molecular weight is 329 g/mol. The molecule has 2 aromatic heterocycles. The van der Waals surface area contributed by atoms with Crippen LogP contribution in [0.5, 0.6) is 0 Å². The fourth-order valence-corrected chi connectivity index (χ4v) is 1.80. The minimum absolute atomic E-state index is 0. The molecule has 21 heavy (non-hydrogen) atoms. The Hall–Kier alpha value is -1.16. The highest BCUT2D eigenvalue weighted by atomic mass is 35.5. The van der Waals surface area contributed by atoms with E-state index in [4.69, 9.17) is 4.74 Å². The summed E-state index contributed by atoms with van der Waals surface area (Å²) in [6.07, 6.45) is 8.36. The summed E-state index contributed by atoms with van der Waals surface area (Å²) in [6, 6.07) is 8.45. The minimum atomic E-state index is 0. The van der Waals surface area contributed by atoms with Crippen molar-refractivity contribution in [2.45, 2.75) is 26.9 Å². The van der Waals surface area contributed by atoms with Gasteiger partial charge in [0.2, 0.25) is 0 Å². The molecule has 0 saturated carbocycles. The van der Waals surface area contributed by atoms with Crippen molar-refractivity contribution in [3.05, 3.63) is 60.2 Å². The Kier molecular flexibility index (Phi) is 9.97. The first kappa shape index (κ1) is 19.8. The lowest BCUT2D eigenvalue weighted by molar-refractivity contribution is -0.705. The lowest BCUT2D eigenvalue weighted by Gasteiger charge is -2.00. The van der Waals surface area contributed by atoms with Crippen molar-refractivity contribution in [2.75, 3.05) is 13.2 Å². The Balaban J connectivity index is 0.00000200. The molecule has 0 N–H and O–H groups in total. The number of aryl methyl sites for hydroxylation is 2. The van der Waals surface area contributed by atoms with Gasteiger partial charge in [-0.1, -0.05) is 0 Å². The van der Waals surface area contributed by atoms with Crippen LogP contribution in [0.15, 0.2) is 49.1 Å². The summed E-state index contributed by atoms with van der Waals surface area (Å²) in [4.78, 5) is 0. The molecular formula is C16H22Cl2N2O. The highest BCUT2D eigenvalue weighted by molar-refractivity contribution is 5.03. The Morgan fingerprint density at radius 2 is 1.05 bits per heavy atom. The number of hydrogen-bond donors (Lipinski definition) is 0. The second kappa shape index (κ2) is 10.6. The van der Waals surface area contributed by atoms with Crippen molar-refractivity contribution in [1.29, 1.82) is 0 Å². The number of nitrogens with zero attached hydrogens (tertiary/aromatic N) is 2. The largest absolute Gasteiger partial charge is 1.00 e. The third-order valence-electron chi connectivity index (χ3n) is 3.10. The number of ether oxygens (including phenoxy) is 1. The quantitative estimate of drug-likeness (QED) is 0.387. The third kappa shape index (κ3) is 7.42. The van der Waals surface area contributed by atoms with Gasteiger partial charge in [-0.2, -0.15) is 0 Å². The molecule has 3 nitrogen and oxygen atoms in total. The molecule has 0 aliphatic carbocycles. The van der Waals surface area contributed by atoms with Gasteiger partial charge in [-0.05, 0) is 25.0 Å². The molecule has 0 bridgehead atoms. The van der Waals surface area contributed by atoms with Crippen LogP contribution < -0.4 is 33.9 Å².